The Morgan fingerprint density at radius 2 is 0.743 bits per heavy atom. The number of amides is 1. The maximum absolute atomic E-state index is 13.3. The largest absolute Gasteiger partial charge is 0.462 e. The number of unbranched alkanes of at least 4 members (excludes halogenated alkanes) is 36. The minimum atomic E-state index is -0.802. The lowest BCUT2D eigenvalue weighted by Gasteiger charge is -2.24. The van der Waals surface area contributed by atoms with Crippen molar-refractivity contribution in [1.29, 1.82) is 0 Å². The zero-order valence-electron chi connectivity index (χ0n) is 46.9. The Bertz CT molecular complexity index is 1190. The third kappa shape index (κ3) is 52.2. The van der Waals surface area contributed by atoms with Crippen LogP contribution in [0.15, 0.2) is 48.6 Å². The smallest absolute Gasteiger partial charge is 0.306 e. The molecule has 0 saturated carbocycles. The number of ether oxygens (including phenoxy) is 1. The standard InChI is InChI=1S/C64H119NO5/c1-4-7-10-13-16-19-22-25-28-31-34-37-40-43-46-49-52-55-60(70-64(69)57-54-51-48-45-42-39-36-33-30-27-24-21-18-15-12-9-6-3)58-63(68)65-61(59-66)62(67)56-53-50-47-44-41-38-35-32-29-26-23-20-17-14-11-8-5-2/h16,19,25,28,34,37,43,46,60-62,66-67H,4-15,17-18,20-24,26-27,29-33,35-36,38-42,44-45,47-59H2,1-3H3,(H,65,68)/b19-16-,28-25-,37-34-,46-43-. The number of hydrogen-bond donors (Lipinski definition) is 3. The van der Waals surface area contributed by atoms with Crippen molar-refractivity contribution in [2.45, 2.75) is 341 Å². The van der Waals surface area contributed by atoms with Gasteiger partial charge in [-0.3, -0.25) is 9.59 Å². The Labute approximate surface area is 436 Å². The lowest BCUT2D eigenvalue weighted by Crippen LogP contribution is -2.46. The molecule has 0 saturated heterocycles. The van der Waals surface area contributed by atoms with Crippen molar-refractivity contribution in [3.05, 3.63) is 48.6 Å². The molecule has 0 spiro atoms. The van der Waals surface area contributed by atoms with Gasteiger partial charge in [-0.15, -0.1) is 0 Å². The fourth-order valence-electron chi connectivity index (χ4n) is 9.48. The summed E-state index contributed by atoms with van der Waals surface area (Å²) in [5.41, 5.74) is 0. The minimum absolute atomic E-state index is 0.0434. The highest BCUT2D eigenvalue weighted by Crippen LogP contribution is 2.18. The van der Waals surface area contributed by atoms with Gasteiger partial charge in [0, 0.05) is 6.42 Å². The Balaban J connectivity index is 4.59. The van der Waals surface area contributed by atoms with Crippen LogP contribution in [-0.4, -0.2) is 46.9 Å². The first kappa shape index (κ1) is 67.8. The summed E-state index contributed by atoms with van der Waals surface area (Å²) in [5, 5.41) is 23.9. The summed E-state index contributed by atoms with van der Waals surface area (Å²) in [4.78, 5) is 26.3. The molecule has 0 rings (SSSR count). The van der Waals surface area contributed by atoms with Crippen molar-refractivity contribution in [2.75, 3.05) is 6.61 Å². The molecular formula is C64H119NO5. The van der Waals surface area contributed by atoms with E-state index in [-0.39, 0.29) is 24.9 Å². The van der Waals surface area contributed by atoms with Crippen LogP contribution in [0, 0.1) is 0 Å². The van der Waals surface area contributed by atoms with Crippen LogP contribution in [0.25, 0.3) is 0 Å². The van der Waals surface area contributed by atoms with Gasteiger partial charge in [0.2, 0.25) is 5.91 Å². The molecule has 0 aromatic carbocycles. The van der Waals surface area contributed by atoms with E-state index in [9.17, 15) is 19.8 Å². The van der Waals surface area contributed by atoms with E-state index in [0.29, 0.717) is 19.3 Å². The predicted molar refractivity (Wildman–Crippen MR) is 305 cm³/mol. The Morgan fingerprint density at radius 3 is 1.13 bits per heavy atom. The number of carbonyl (C=O) groups excluding carboxylic acids is 2. The molecule has 0 bridgehead atoms. The molecule has 6 nitrogen and oxygen atoms in total. The van der Waals surface area contributed by atoms with Crippen LogP contribution in [0.1, 0.15) is 323 Å². The lowest BCUT2D eigenvalue weighted by atomic mass is 10.0. The molecule has 6 heteroatoms. The molecule has 1 amide bonds. The first-order chi connectivity index (χ1) is 34.5. The van der Waals surface area contributed by atoms with E-state index in [2.05, 4.69) is 74.7 Å². The zero-order chi connectivity index (χ0) is 50.9. The molecule has 0 aliphatic carbocycles. The molecule has 3 atom stereocenters. The van der Waals surface area contributed by atoms with E-state index in [1.165, 1.54) is 205 Å². The molecule has 70 heavy (non-hydrogen) atoms. The SMILES string of the molecule is CCCCC/C=C\C/C=C\C/C=C\C/C=C\CCCC(CC(=O)NC(CO)C(O)CCCCCCCCCCCCCCCCCCC)OC(=O)CCCCCCCCCCCCCCCCCCC. The van der Waals surface area contributed by atoms with Crippen molar-refractivity contribution < 1.29 is 24.5 Å². The summed E-state index contributed by atoms with van der Waals surface area (Å²) >= 11 is 0. The third-order valence-electron chi connectivity index (χ3n) is 14.2. The number of aliphatic hydroxyl groups is 2. The van der Waals surface area contributed by atoms with Crippen molar-refractivity contribution in [3.63, 3.8) is 0 Å². The maximum Gasteiger partial charge on any atom is 0.306 e. The van der Waals surface area contributed by atoms with Crippen molar-refractivity contribution >= 4 is 11.9 Å². The number of rotatable bonds is 56. The Kier molecular flexibility index (Phi) is 55.9. The quantitative estimate of drug-likeness (QED) is 0.0321. The second-order valence-electron chi connectivity index (χ2n) is 21.1. The van der Waals surface area contributed by atoms with Gasteiger partial charge in [-0.25, -0.2) is 0 Å². The highest BCUT2D eigenvalue weighted by Gasteiger charge is 2.24. The van der Waals surface area contributed by atoms with E-state index >= 15 is 0 Å². The van der Waals surface area contributed by atoms with Crippen LogP contribution in [0.5, 0.6) is 0 Å². The summed E-state index contributed by atoms with van der Waals surface area (Å²) in [6.45, 7) is 6.49. The van der Waals surface area contributed by atoms with E-state index < -0.39 is 18.2 Å². The Morgan fingerprint density at radius 1 is 0.414 bits per heavy atom. The lowest BCUT2D eigenvalue weighted by molar-refractivity contribution is -0.151. The highest BCUT2D eigenvalue weighted by atomic mass is 16.5. The molecule has 0 radical (unpaired) electrons. The van der Waals surface area contributed by atoms with Gasteiger partial charge in [0.05, 0.1) is 25.2 Å². The van der Waals surface area contributed by atoms with E-state index in [0.717, 1.165) is 70.6 Å². The molecular weight excluding hydrogens is 863 g/mol. The van der Waals surface area contributed by atoms with Crippen molar-refractivity contribution in [3.8, 4) is 0 Å². The molecule has 0 fully saturated rings. The summed E-state index contributed by atoms with van der Waals surface area (Å²) in [6, 6.07) is -0.719. The van der Waals surface area contributed by atoms with Crippen molar-refractivity contribution in [2.24, 2.45) is 0 Å². The fourth-order valence-corrected chi connectivity index (χ4v) is 9.48. The average Bonchev–Trinajstić information content (AvgIpc) is 3.35. The van der Waals surface area contributed by atoms with Crippen LogP contribution in [0.3, 0.4) is 0 Å². The zero-order valence-corrected chi connectivity index (χ0v) is 46.9. The number of carbonyl (C=O) groups is 2. The van der Waals surface area contributed by atoms with Gasteiger partial charge >= 0.3 is 5.97 Å². The van der Waals surface area contributed by atoms with Gasteiger partial charge < -0.3 is 20.3 Å². The molecule has 0 aliphatic heterocycles. The Hall–Kier alpha value is -2.18. The van der Waals surface area contributed by atoms with Crippen LogP contribution in [0.4, 0.5) is 0 Å². The molecule has 0 aromatic heterocycles. The van der Waals surface area contributed by atoms with E-state index in [1.807, 2.05) is 0 Å². The topological polar surface area (TPSA) is 95.9 Å². The van der Waals surface area contributed by atoms with Crippen LogP contribution >= 0.6 is 0 Å². The van der Waals surface area contributed by atoms with Gasteiger partial charge in [-0.1, -0.05) is 294 Å². The van der Waals surface area contributed by atoms with Crippen LogP contribution in [-0.2, 0) is 14.3 Å². The second-order valence-corrected chi connectivity index (χ2v) is 21.1. The number of hydrogen-bond acceptors (Lipinski definition) is 5. The van der Waals surface area contributed by atoms with Gasteiger partial charge in [-0.2, -0.15) is 0 Å². The normalized spacial score (nSPS) is 13.4. The summed E-state index contributed by atoms with van der Waals surface area (Å²) in [7, 11) is 0. The fraction of sp³-hybridized carbons (Fsp3) is 0.844. The third-order valence-corrected chi connectivity index (χ3v) is 14.2. The monoisotopic (exact) mass is 982 g/mol. The molecule has 0 aliphatic rings. The summed E-state index contributed by atoms with van der Waals surface area (Å²) < 4.78 is 5.95. The minimum Gasteiger partial charge on any atom is -0.462 e. The number of allylic oxidation sites excluding steroid dienone is 8. The number of esters is 1. The first-order valence-corrected chi connectivity index (χ1v) is 30.9. The van der Waals surface area contributed by atoms with E-state index in [1.54, 1.807) is 0 Å². The number of nitrogens with one attached hydrogen (secondary N) is 1. The molecule has 3 unspecified atom stereocenters. The van der Waals surface area contributed by atoms with Gasteiger partial charge in [-0.05, 0) is 64.2 Å². The highest BCUT2D eigenvalue weighted by molar-refractivity contribution is 5.77. The molecule has 410 valence electrons. The molecule has 0 heterocycles. The van der Waals surface area contributed by atoms with E-state index in [4.69, 9.17) is 4.74 Å². The summed E-state index contributed by atoms with van der Waals surface area (Å²) in [6.07, 6.45) is 71.9. The van der Waals surface area contributed by atoms with Crippen molar-refractivity contribution in [1.82, 2.24) is 5.32 Å². The maximum atomic E-state index is 13.3. The van der Waals surface area contributed by atoms with Crippen LogP contribution in [0.2, 0.25) is 0 Å². The molecule has 3 N–H and O–H groups in total. The second kappa shape index (κ2) is 57.7. The molecule has 0 aromatic rings. The van der Waals surface area contributed by atoms with Gasteiger partial charge in [0.1, 0.15) is 6.10 Å². The first-order valence-electron chi connectivity index (χ1n) is 30.9. The average molecular weight is 983 g/mol. The summed E-state index contributed by atoms with van der Waals surface area (Å²) in [5.74, 6) is -0.511. The van der Waals surface area contributed by atoms with Gasteiger partial charge in [0.15, 0.2) is 0 Å². The predicted octanol–water partition coefficient (Wildman–Crippen LogP) is 19.4. The number of aliphatic hydroxyl groups excluding tert-OH is 2. The van der Waals surface area contributed by atoms with Gasteiger partial charge in [0.25, 0.3) is 0 Å². The van der Waals surface area contributed by atoms with Crippen LogP contribution < -0.4 is 5.32 Å².